The molecular weight excluding hydrogens is 346 g/mol. The lowest BCUT2D eigenvalue weighted by Crippen LogP contribution is -2.38. The van der Waals surface area contributed by atoms with E-state index in [1.807, 2.05) is 0 Å². The van der Waals surface area contributed by atoms with Crippen molar-refractivity contribution in [3.63, 3.8) is 0 Å². The Labute approximate surface area is 129 Å². The first-order chi connectivity index (χ1) is 9.97. The maximum atomic E-state index is 10.9. The standard InChI is InChI=1S/C12H14BrN3O5/c13-9-5-10(16(19)20)11(14-6-9)21-7-8-1-3-15(4-2-8)12(17)18/h5-6,8H,1-4,7H2,(H,17,18). The maximum absolute atomic E-state index is 10.9. The van der Waals surface area contributed by atoms with Crippen molar-refractivity contribution in [1.82, 2.24) is 9.88 Å². The summed E-state index contributed by atoms with van der Waals surface area (Å²) < 4.78 is 5.96. The van der Waals surface area contributed by atoms with E-state index < -0.39 is 11.0 Å². The summed E-state index contributed by atoms with van der Waals surface area (Å²) in [6, 6.07) is 1.34. The van der Waals surface area contributed by atoms with Crippen molar-refractivity contribution < 1.29 is 19.6 Å². The van der Waals surface area contributed by atoms with Gasteiger partial charge in [-0.3, -0.25) is 10.1 Å². The van der Waals surface area contributed by atoms with Crippen molar-refractivity contribution >= 4 is 27.7 Å². The predicted octanol–water partition coefficient (Wildman–Crippen LogP) is 2.52. The number of aromatic nitrogens is 1. The van der Waals surface area contributed by atoms with Crippen molar-refractivity contribution in [1.29, 1.82) is 0 Å². The number of piperidine rings is 1. The number of halogens is 1. The van der Waals surface area contributed by atoms with Crippen LogP contribution in [0.25, 0.3) is 0 Å². The van der Waals surface area contributed by atoms with Crippen LogP contribution < -0.4 is 4.74 Å². The van der Waals surface area contributed by atoms with Crippen molar-refractivity contribution in [2.24, 2.45) is 5.92 Å². The van der Waals surface area contributed by atoms with E-state index in [0.29, 0.717) is 37.0 Å². The van der Waals surface area contributed by atoms with E-state index in [0.717, 1.165) is 0 Å². The quantitative estimate of drug-likeness (QED) is 0.653. The molecule has 1 amide bonds. The van der Waals surface area contributed by atoms with Gasteiger partial charge in [-0.25, -0.2) is 9.78 Å². The molecule has 8 nitrogen and oxygen atoms in total. The lowest BCUT2D eigenvalue weighted by atomic mass is 9.98. The third-order valence-corrected chi connectivity index (χ3v) is 3.77. The lowest BCUT2D eigenvalue weighted by molar-refractivity contribution is -0.386. The number of amides is 1. The van der Waals surface area contributed by atoms with Gasteiger partial charge in [0.2, 0.25) is 0 Å². The minimum atomic E-state index is -0.917. The normalized spacial score (nSPS) is 15.8. The Morgan fingerprint density at radius 3 is 2.81 bits per heavy atom. The highest BCUT2D eigenvalue weighted by atomic mass is 79.9. The van der Waals surface area contributed by atoms with E-state index in [1.54, 1.807) is 0 Å². The topological polar surface area (TPSA) is 106 Å². The SMILES string of the molecule is O=C(O)N1CCC(COc2ncc(Br)cc2[N+](=O)[O-])CC1. The third kappa shape index (κ3) is 4.03. The number of hydrogen-bond donors (Lipinski definition) is 1. The van der Waals surface area contributed by atoms with Gasteiger partial charge in [0.25, 0.3) is 5.88 Å². The zero-order valence-corrected chi connectivity index (χ0v) is 12.7. The molecule has 0 aromatic carbocycles. The van der Waals surface area contributed by atoms with Gasteiger partial charge in [0, 0.05) is 29.8 Å². The fraction of sp³-hybridized carbons (Fsp3) is 0.500. The summed E-state index contributed by atoms with van der Waals surface area (Å²) in [6.45, 7) is 1.21. The van der Waals surface area contributed by atoms with Crippen LogP contribution >= 0.6 is 15.9 Å². The van der Waals surface area contributed by atoms with Crippen LogP contribution in [0.5, 0.6) is 5.88 Å². The lowest BCUT2D eigenvalue weighted by Gasteiger charge is -2.29. The summed E-state index contributed by atoms with van der Waals surface area (Å²) in [5.41, 5.74) is -0.188. The molecule has 1 fully saturated rings. The first-order valence-electron chi connectivity index (χ1n) is 6.38. The molecule has 0 unspecified atom stereocenters. The van der Waals surface area contributed by atoms with Crippen LogP contribution in [0.3, 0.4) is 0 Å². The van der Waals surface area contributed by atoms with Crippen LogP contribution in [0.1, 0.15) is 12.8 Å². The highest BCUT2D eigenvalue weighted by Crippen LogP contribution is 2.28. The summed E-state index contributed by atoms with van der Waals surface area (Å²) in [6.07, 6.45) is 1.88. The van der Waals surface area contributed by atoms with Crippen molar-refractivity contribution in [2.75, 3.05) is 19.7 Å². The van der Waals surface area contributed by atoms with Gasteiger partial charge < -0.3 is 14.7 Å². The molecule has 1 N–H and O–H groups in total. The number of carboxylic acid groups (broad SMARTS) is 1. The Hall–Kier alpha value is -1.90. The van der Waals surface area contributed by atoms with Crippen molar-refractivity contribution in [2.45, 2.75) is 12.8 Å². The fourth-order valence-electron chi connectivity index (χ4n) is 2.15. The molecule has 0 radical (unpaired) electrons. The maximum Gasteiger partial charge on any atom is 0.407 e. The Morgan fingerprint density at radius 1 is 1.57 bits per heavy atom. The van der Waals surface area contributed by atoms with Gasteiger partial charge in [-0.05, 0) is 34.7 Å². The number of ether oxygens (including phenoxy) is 1. The highest BCUT2D eigenvalue weighted by molar-refractivity contribution is 9.10. The summed E-state index contributed by atoms with van der Waals surface area (Å²) in [4.78, 5) is 26.5. The van der Waals surface area contributed by atoms with Crippen LogP contribution in [0.15, 0.2) is 16.7 Å². The van der Waals surface area contributed by atoms with E-state index in [2.05, 4.69) is 20.9 Å². The Kier molecular flexibility index (Phi) is 4.94. The first-order valence-corrected chi connectivity index (χ1v) is 7.17. The molecule has 114 valence electrons. The van der Waals surface area contributed by atoms with Gasteiger partial charge in [-0.1, -0.05) is 0 Å². The summed E-state index contributed by atoms with van der Waals surface area (Å²) in [5, 5.41) is 19.8. The second-order valence-electron chi connectivity index (χ2n) is 4.76. The Morgan fingerprint density at radius 2 is 2.24 bits per heavy atom. The Balaban J connectivity index is 1.92. The number of nitrogens with zero attached hydrogens (tertiary/aromatic N) is 3. The van der Waals surface area contributed by atoms with E-state index in [-0.39, 0.29) is 17.5 Å². The summed E-state index contributed by atoms with van der Waals surface area (Å²) in [7, 11) is 0. The predicted molar refractivity (Wildman–Crippen MR) is 76.4 cm³/mol. The monoisotopic (exact) mass is 359 g/mol. The summed E-state index contributed by atoms with van der Waals surface area (Å²) >= 11 is 3.13. The summed E-state index contributed by atoms with van der Waals surface area (Å²) in [5.74, 6) is 0.162. The van der Waals surface area contributed by atoms with Crippen LogP contribution in [0.4, 0.5) is 10.5 Å². The zero-order valence-electron chi connectivity index (χ0n) is 11.1. The molecule has 0 bridgehead atoms. The molecule has 1 aromatic heterocycles. The zero-order chi connectivity index (χ0) is 15.4. The van der Waals surface area contributed by atoms with Gasteiger partial charge in [0.05, 0.1) is 11.5 Å². The smallest absolute Gasteiger partial charge is 0.407 e. The highest BCUT2D eigenvalue weighted by Gasteiger charge is 2.24. The second kappa shape index (κ2) is 6.70. The number of nitro groups is 1. The average Bonchev–Trinajstić information content (AvgIpc) is 2.46. The molecule has 0 atom stereocenters. The molecule has 2 rings (SSSR count). The molecule has 9 heteroatoms. The largest absolute Gasteiger partial charge is 0.473 e. The van der Waals surface area contributed by atoms with E-state index in [4.69, 9.17) is 9.84 Å². The van der Waals surface area contributed by atoms with E-state index in [1.165, 1.54) is 17.2 Å². The van der Waals surface area contributed by atoms with Gasteiger partial charge in [0.15, 0.2) is 0 Å². The minimum Gasteiger partial charge on any atom is -0.473 e. The molecule has 1 aliphatic rings. The molecule has 2 heterocycles. The van der Waals surface area contributed by atoms with Crippen LogP contribution in [-0.4, -0.2) is 45.7 Å². The third-order valence-electron chi connectivity index (χ3n) is 3.34. The number of carbonyl (C=O) groups is 1. The van der Waals surface area contributed by atoms with Crippen LogP contribution in [0, 0.1) is 16.0 Å². The average molecular weight is 360 g/mol. The fourth-order valence-corrected chi connectivity index (χ4v) is 2.46. The van der Waals surface area contributed by atoms with Crippen molar-refractivity contribution in [3.05, 3.63) is 26.9 Å². The molecular formula is C12H14BrN3O5. The van der Waals surface area contributed by atoms with Gasteiger partial charge in [-0.2, -0.15) is 0 Å². The van der Waals surface area contributed by atoms with Gasteiger partial charge >= 0.3 is 11.8 Å². The van der Waals surface area contributed by atoms with Crippen LogP contribution in [-0.2, 0) is 0 Å². The van der Waals surface area contributed by atoms with E-state index in [9.17, 15) is 14.9 Å². The molecule has 21 heavy (non-hydrogen) atoms. The molecule has 1 aliphatic heterocycles. The minimum absolute atomic E-state index is 0.0103. The number of hydrogen-bond acceptors (Lipinski definition) is 5. The molecule has 0 saturated carbocycles. The molecule has 1 saturated heterocycles. The van der Waals surface area contributed by atoms with Gasteiger partial charge in [-0.15, -0.1) is 0 Å². The van der Waals surface area contributed by atoms with Gasteiger partial charge in [0.1, 0.15) is 0 Å². The van der Waals surface area contributed by atoms with Crippen molar-refractivity contribution in [3.8, 4) is 5.88 Å². The number of pyridine rings is 1. The number of likely N-dealkylation sites (tertiary alicyclic amines) is 1. The molecule has 0 aliphatic carbocycles. The van der Waals surface area contributed by atoms with E-state index >= 15 is 0 Å². The van der Waals surface area contributed by atoms with Crippen LogP contribution in [0.2, 0.25) is 0 Å². The Bertz CT molecular complexity index is 546. The second-order valence-corrected chi connectivity index (χ2v) is 5.67. The first kappa shape index (κ1) is 15.5. The number of rotatable bonds is 4. The molecule has 1 aromatic rings. The molecule has 0 spiro atoms.